The largest absolute Gasteiger partial charge is 0.491 e. The Bertz CT molecular complexity index is 1530. The number of pyridine rings is 1. The zero-order valence-electron chi connectivity index (χ0n) is 23.1. The lowest BCUT2D eigenvalue weighted by molar-refractivity contribution is -0.189. The van der Waals surface area contributed by atoms with Crippen molar-refractivity contribution < 1.29 is 53.8 Å². The summed E-state index contributed by atoms with van der Waals surface area (Å²) < 4.78 is 114. The van der Waals surface area contributed by atoms with Crippen molar-refractivity contribution in [1.82, 2.24) is 10.3 Å². The first kappa shape index (κ1) is 31.8. The van der Waals surface area contributed by atoms with Crippen LogP contribution in [0.1, 0.15) is 42.5 Å². The molecule has 5 rings (SSSR count). The fourth-order valence-electron chi connectivity index (χ4n) is 5.09. The zero-order valence-corrected chi connectivity index (χ0v) is 23.9. The number of rotatable bonds is 9. The lowest BCUT2D eigenvalue weighted by Gasteiger charge is -2.36. The summed E-state index contributed by atoms with van der Waals surface area (Å²) in [5.74, 6) is -4.87. The number of hydrogen-bond acceptors (Lipinski definition) is 9. The van der Waals surface area contributed by atoms with Gasteiger partial charge in [0.05, 0.1) is 29.5 Å². The number of nitrogens with one attached hydrogen (secondary N) is 2. The second kappa shape index (κ2) is 11.7. The van der Waals surface area contributed by atoms with Crippen molar-refractivity contribution in [2.75, 3.05) is 43.0 Å². The molecule has 10 nitrogen and oxygen atoms in total. The van der Waals surface area contributed by atoms with Gasteiger partial charge < -0.3 is 25.0 Å². The number of aromatic nitrogens is 1. The average Bonchev–Trinajstić information content (AvgIpc) is 3.65. The highest BCUT2D eigenvalue weighted by Crippen LogP contribution is 2.55. The molecule has 1 aliphatic carbocycles. The van der Waals surface area contributed by atoms with E-state index < -0.39 is 63.0 Å². The molecule has 2 aromatic rings. The Hall–Kier alpha value is -3.60. The Morgan fingerprint density at radius 2 is 1.70 bits per heavy atom. The molecule has 0 atom stereocenters. The minimum absolute atomic E-state index is 0.0336. The number of piperidine rings is 1. The minimum Gasteiger partial charge on any atom is -0.477 e. The quantitative estimate of drug-likeness (QED) is 0.233. The third-order valence-corrected chi connectivity index (χ3v) is 10.1. The van der Waals surface area contributed by atoms with Gasteiger partial charge in [0.25, 0.3) is 5.91 Å². The van der Waals surface area contributed by atoms with E-state index in [4.69, 9.17) is 9.47 Å². The van der Waals surface area contributed by atoms with Gasteiger partial charge >= 0.3 is 18.3 Å². The first-order chi connectivity index (χ1) is 20.6. The van der Waals surface area contributed by atoms with Crippen molar-refractivity contribution in [2.45, 2.75) is 54.6 Å². The summed E-state index contributed by atoms with van der Waals surface area (Å²) in [6.45, 7) is -0.148. The summed E-state index contributed by atoms with van der Waals surface area (Å²) in [5.41, 5.74) is -0.501. The highest BCUT2D eigenvalue weighted by molar-refractivity contribution is 7.92. The van der Waals surface area contributed by atoms with E-state index in [2.05, 4.69) is 15.6 Å². The van der Waals surface area contributed by atoms with E-state index in [0.717, 1.165) is 25.0 Å². The van der Waals surface area contributed by atoms with Gasteiger partial charge in [-0.3, -0.25) is 4.79 Å². The molecule has 3 aliphatic rings. The second-order valence-corrected chi connectivity index (χ2v) is 13.2. The molecular weight excluding hydrogens is 622 g/mol. The molecule has 1 aromatic carbocycles. The molecule has 3 heterocycles. The van der Waals surface area contributed by atoms with Crippen molar-refractivity contribution in [2.24, 2.45) is 5.41 Å². The number of alkyl halides is 6. The van der Waals surface area contributed by atoms with Crippen LogP contribution in [-0.4, -0.2) is 75.7 Å². The van der Waals surface area contributed by atoms with Crippen LogP contribution in [0, 0.1) is 5.41 Å². The summed E-state index contributed by atoms with van der Waals surface area (Å²) in [6, 6.07) is 5.98. The van der Waals surface area contributed by atoms with E-state index in [0.29, 0.717) is 12.8 Å². The van der Waals surface area contributed by atoms with E-state index in [1.54, 1.807) is 4.90 Å². The lowest BCUT2D eigenvalue weighted by Crippen LogP contribution is -2.51. The monoisotopic (exact) mass is 650 g/mol. The molecule has 44 heavy (non-hydrogen) atoms. The number of anilines is 2. The first-order valence-corrected chi connectivity index (χ1v) is 15.3. The van der Waals surface area contributed by atoms with Gasteiger partial charge in [-0.05, 0) is 49.3 Å². The summed E-state index contributed by atoms with van der Waals surface area (Å²) >= 11 is 0. The van der Waals surface area contributed by atoms with E-state index in [-0.39, 0.29) is 54.5 Å². The van der Waals surface area contributed by atoms with Crippen LogP contribution in [0.5, 0.6) is 11.6 Å². The van der Waals surface area contributed by atoms with Crippen LogP contribution < -0.4 is 25.0 Å². The Kier molecular flexibility index (Phi) is 8.48. The number of amides is 1. The van der Waals surface area contributed by atoms with Crippen LogP contribution in [-0.2, 0) is 14.6 Å². The summed E-state index contributed by atoms with van der Waals surface area (Å²) in [4.78, 5) is 30.5. The van der Waals surface area contributed by atoms with Crippen LogP contribution in [0.25, 0.3) is 0 Å². The van der Waals surface area contributed by atoms with Gasteiger partial charge in [0.15, 0.2) is 15.6 Å². The molecule has 1 spiro atoms. The highest BCUT2D eigenvalue weighted by atomic mass is 32.2. The van der Waals surface area contributed by atoms with Gasteiger partial charge in [-0.1, -0.05) is 6.07 Å². The smallest absolute Gasteiger partial charge is 0.477 e. The van der Waals surface area contributed by atoms with Crippen molar-refractivity contribution >= 4 is 33.2 Å². The Morgan fingerprint density at radius 1 is 1.02 bits per heavy atom. The molecule has 1 saturated carbocycles. The molecule has 240 valence electrons. The van der Waals surface area contributed by atoms with Crippen molar-refractivity contribution in [1.29, 1.82) is 0 Å². The molecule has 1 amide bonds. The topological polar surface area (TPSA) is 127 Å². The third-order valence-electron chi connectivity index (χ3n) is 7.95. The van der Waals surface area contributed by atoms with Gasteiger partial charge in [-0.15, -0.1) is 0 Å². The number of hydrogen-bond donors (Lipinski definition) is 2. The van der Waals surface area contributed by atoms with Crippen molar-refractivity contribution in [3.05, 3.63) is 35.9 Å². The fraction of sp³-hybridized carbons (Fsp3) is 0.519. The van der Waals surface area contributed by atoms with Gasteiger partial charge in [0.2, 0.25) is 5.88 Å². The molecule has 0 bridgehead atoms. The molecule has 2 saturated heterocycles. The molecule has 0 radical (unpaired) electrons. The second-order valence-electron chi connectivity index (χ2n) is 11.0. The van der Waals surface area contributed by atoms with Crippen molar-refractivity contribution in [3.63, 3.8) is 0 Å². The zero-order chi connectivity index (χ0) is 31.9. The molecule has 2 aliphatic heterocycles. The van der Waals surface area contributed by atoms with E-state index in [9.17, 15) is 44.3 Å². The number of ether oxygens (including phenoxy) is 2. The van der Waals surface area contributed by atoms with Crippen LogP contribution in [0.15, 0.2) is 35.2 Å². The summed E-state index contributed by atoms with van der Waals surface area (Å²) in [5, 5.41) is 4.22. The maximum absolute atomic E-state index is 13.6. The van der Waals surface area contributed by atoms with Crippen LogP contribution in [0.3, 0.4) is 0 Å². The SMILES string of the molecule is O=C(Nc1cccc(OCCC(F)(F)F)n1)c1ccc(S(=O)(=O)C2CNC2)c(OC(=O)C(F)(F)F)c1N1CCC2(CC1)CC2. The fourth-order valence-corrected chi connectivity index (χ4v) is 6.77. The lowest BCUT2D eigenvalue weighted by atomic mass is 9.93. The van der Waals surface area contributed by atoms with Gasteiger partial charge in [0, 0.05) is 32.2 Å². The van der Waals surface area contributed by atoms with Gasteiger partial charge in [0.1, 0.15) is 10.7 Å². The normalized spacial score (nSPS) is 18.5. The van der Waals surface area contributed by atoms with E-state index >= 15 is 0 Å². The Balaban J connectivity index is 1.53. The number of sulfone groups is 1. The maximum Gasteiger partial charge on any atom is 0.491 e. The van der Waals surface area contributed by atoms with Crippen LogP contribution in [0.4, 0.5) is 37.8 Å². The molecule has 0 unspecified atom stereocenters. The molecule has 17 heteroatoms. The Labute approximate surface area is 248 Å². The standard InChI is InChI=1S/C27H28F6N4O6S/c28-26(29,30)10-13-42-20-3-1-2-19(35-20)36-23(38)17-4-5-18(44(40,41)16-14-34-15-16)22(43-24(39)27(31,32)33)21(17)37-11-8-25(6-7-25)9-12-37/h1-5,16,34H,6-15H2,(H,35,36,38). The number of halogens is 6. The number of carbonyl (C=O) groups is 2. The molecular formula is C27H28F6N4O6S. The number of nitrogens with zero attached hydrogens (tertiary/aromatic N) is 2. The van der Waals surface area contributed by atoms with E-state index in [1.165, 1.54) is 18.2 Å². The van der Waals surface area contributed by atoms with Crippen molar-refractivity contribution in [3.8, 4) is 11.6 Å². The minimum atomic E-state index is -5.47. The van der Waals surface area contributed by atoms with E-state index in [1.807, 2.05) is 0 Å². The molecule has 1 aromatic heterocycles. The van der Waals surface area contributed by atoms with Crippen LogP contribution >= 0.6 is 0 Å². The highest BCUT2D eigenvalue weighted by Gasteiger charge is 2.47. The van der Waals surface area contributed by atoms with Gasteiger partial charge in [-0.2, -0.15) is 31.3 Å². The Morgan fingerprint density at radius 3 is 2.27 bits per heavy atom. The number of carbonyl (C=O) groups excluding carboxylic acids is 2. The predicted octanol–water partition coefficient (Wildman–Crippen LogP) is 4.26. The predicted molar refractivity (Wildman–Crippen MR) is 143 cm³/mol. The average molecular weight is 651 g/mol. The number of benzene rings is 1. The first-order valence-electron chi connectivity index (χ1n) is 13.7. The van der Waals surface area contributed by atoms with Crippen LogP contribution in [0.2, 0.25) is 0 Å². The maximum atomic E-state index is 13.6. The van der Waals surface area contributed by atoms with Gasteiger partial charge in [-0.25, -0.2) is 13.2 Å². The number of esters is 1. The molecule has 2 N–H and O–H groups in total. The summed E-state index contributed by atoms with van der Waals surface area (Å²) in [7, 11) is -4.30. The summed E-state index contributed by atoms with van der Waals surface area (Å²) in [6.07, 6.45) is -7.97. The third kappa shape index (κ3) is 7.03. The molecule has 3 fully saturated rings.